The highest BCUT2D eigenvalue weighted by Crippen LogP contribution is 2.32. The molecule has 26 heavy (non-hydrogen) atoms. The van der Waals surface area contributed by atoms with Crippen LogP contribution in [0.25, 0.3) is 0 Å². The number of nitrogens with zero attached hydrogens (tertiary/aromatic N) is 2. The SMILES string of the molecule is CC1CN(C(c2ccc(Cl)cc2)c2ccc(Cl)cc2)CCN1CC(=O)O. The molecular weight excluding hydrogens is 371 g/mol. The summed E-state index contributed by atoms with van der Waals surface area (Å²) >= 11 is 12.1. The molecule has 0 aliphatic carbocycles. The van der Waals surface area contributed by atoms with Gasteiger partial charge in [-0.3, -0.25) is 14.6 Å². The van der Waals surface area contributed by atoms with Crippen molar-refractivity contribution in [1.29, 1.82) is 0 Å². The molecule has 6 heteroatoms. The second-order valence-corrected chi connectivity index (χ2v) is 7.59. The van der Waals surface area contributed by atoms with Crippen molar-refractivity contribution >= 4 is 29.2 Å². The van der Waals surface area contributed by atoms with E-state index in [4.69, 9.17) is 28.3 Å². The molecular formula is C20H22Cl2N2O2. The average molecular weight is 393 g/mol. The number of aliphatic carboxylic acids is 1. The minimum absolute atomic E-state index is 0.0824. The van der Waals surface area contributed by atoms with E-state index in [0.29, 0.717) is 10.0 Å². The number of hydrogen-bond donors (Lipinski definition) is 1. The summed E-state index contributed by atoms with van der Waals surface area (Å²) in [4.78, 5) is 15.5. The quantitative estimate of drug-likeness (QED) is 0.828. The van der Waals surface area contributed by atoms with Gasteiger partial charge in [0, 0.05) is 35.7 Å². The number of carboxylic acids is 1. The van der Waals surface area contributed by atoms with E-state index >= 15 is 0 Å². The van der Waals surface area contributed by atoms with E-state index in [9.17, 15) is 4.79 Å². The van der Waals surface area contributed by atoms with Crippen molar-refractivity contribution in [3.63, 3.8) is 0 Å². The molecule has 2 aromatic carbocycles. The van der Waals surface area contributed by atoms with Crippen LogP contribution < -0.4 is 0 Å². The summed E-state index contributed by atoms with van der Waals surface area (Å²) in [5, 5.41) is 10.5. The Kier molecular flexibility index (Phi) is 6.20. The Morgan fingerprint density at radius 2 is 1.54 bits per heavy atom. The largest absolute Gasteiger partial charge is 0.480 e. The summed E-state index contributed by atoms with van der Waals surface area (Å²) in [6, 6.07) is 16.1. The maximum atomic E-state index is 11.1. The van der Waals surface area contributed by atoms with Gasteiger partial charge in [-0.2, -0.15) is 0 Å². The number of rotatable bonds is 5. The first kappa shape index (κ1) is 19.2. The number of carboxylic acid groups (broad SMARTS) is 1. The topological polar surface area (TPSA) is 43.8 Å². The third-order valence-corrected chi connectivity index (χ3v) is 5.38. The lowest BCUT2D eigenvalue weighted by atomic mass is 9.95. The van der Waals surface area contributed by atoms with Gasteiger partial charge in [-0.25, -0.2) is 0 Å². The van der Waals surface area contributed by atoms with Crippen LogP contribution in [0.15, 0.2) is 48.5 Å². The van der Waals surface area contributed by atoms with Crippen LogP contribution in [0.4, 0.5) is 0 Å². The normalized spacial score (nSPS) is 19.0. The minimum atomic E-state index is -0.780. The van der Waals surface area contributed by atoms with E-state index in [0.717, 1.165) is 30.8 Å². The molecule has 1 heterocycles. The monoisotopic (exact) mass is 392 g/mol. The molecule has 1 saturated heterocycles. The van der Waals surface area contributed by atoms with E-state index < -0.39 is 5.97 Å². The molecule has 0 radical (unpaired) electrons. The predicted octanol–water partition coefficient (Wildman–Crippen LogP) is 4.17. The third kappa shape index (κ3) is 4.57. The van der Waals surface area contributed by atoms with Crippen molar-refractivity contribution in [3.8, 4) is 0 Å². The first-order valence-corrected chi connectivity index (χ1v) is 9.40. The number of halogens is 2. The first-order valence-electron chi connectivity index (χ1n) is 8.65. The molecule has 4 nitrogen and oxygen atoms in total. The maximum absolute atomic E-state index is 11.1. The Labute approximate surface area is 163 Å². The lowest BCUT2D eigenvalue weighted by Crippen LogP contribution is -2.54. The molecule has 0 amide bonds. The molecule has 2 aromatic rings. The van der Waals surface area contributed by atoms with Gasteiger partial charge in [-0.05, 0) is 42.3 Å². The van der Waals surface area contributed by atoms with Crippen LogP contribution in [0.5, 0.6) is 0 Å². The number of carbonyl (C=O) groups is 1. The second-order valence-electron chi connectivity index (χ2n) is 6.71. The van der Waals surface area contributed by atoms with Gasteiger partial charge < -0.3 is 5.11 Å². The Bertz CT molecular complexity index is 704. The van der Waals surface area contributed by atoms with Gasteiger partial charge >= 0.3 is 5.97 Å². The Morgan fingerprint density at radius 1 is 1.04 bits per heavy atom. The summed E-state index contributed by atoms with van der Waals surface area (Å²) < 4.78 is 0. The predicted molar refractivity (Wildman–Crippen MR) is 105 cm³/mol. The van der Waals surface area contributed by atoms with Crippen molar-refractivity contribution in [1.82, 2.24) is 9.80 Å². The zero-order chi connectivity index (χ0) is 18.7. The van der Waals surface area contributed by atoms with Gasteiger partial charge in [0.2, 0.25) is 0 Å². The zero-order valence-electron chi connectivity index (χ0n) is 14.6. The van der Waals surface area contributed by atoms with Crippen molar-refractivity contribution < 1.29 is 9.90 Å². The molecule has 1 fully saturated rings. The van der Waals surface area contributed by atoms with E-state index in [2.05, 4.69) is 36.1 Å². The smallest absolute Gasteiger partial charge is 0.317 e. The molecule has 138 valence electrons. The van der Waals surface area contributed by atoms with E-state index in [-0.39, 0.29) is 18.6 Å². The van der Waals surface area contributed by atoms with E-state index in [1.54, 1.807) is 0 Å². The zero-order valence-corrected chi connectivity index (χ0v) is 16.1. The highest BCUT2D eigenvalue weighted by atomic mass is 35.5. The standard InChI is InChI=1S/C20H22Cl2N2O2/c1-14-12-24(11-10-23(14)13-19(25)26)20(15-2-6-17(21)7-3-15)16-4-8-18(22)9-5-16/h2-9,14,20H,10-13H2,1H3,(H,25,26). The molecule has 0 spiro atoms. The summed E-state index contributed by atoms with van der Waals surface area (Å²) in [7, 11) is 0. The second kappa shape index (κ2) is 8.40. The number of hydrogen-bond acceptors (Lipinski definition) is 3. The van der Waals surface area contributed by atoms with Gasteiger partial charge in [0.05, 0.1) is 12.6 Å². The van der Waals surface area contributed by atoms with Crippen LogP contribution in [-0.2, 0) is 4.79 Å². The highest BCUT2D eigenvalue weighted by molar-refractivity contribution is 6.30. The lowest BCUT2D eigenvalue weighted by Gasteiger charge is -2.43. The van der Waals surface area contributed by atoms with Crippen LogP contribution in [0.2, 0.25) is 10.0 Å². The number of piperazine rings is 1. The summed E-state index contributed by atoms with van der Waals surface area (Å²) in [6.07, 6.45) is 0. The molecule has 1 atom stereocenters. The van der Waals surface area contributed by atoms with Gasteiger partial charge in [0.1, 0.15) is 0 Å². The van der Waals surface area contributed by atoms with E-state index in [1.165, 1.54) is 0 Å². The molecule has 0 aromatic heterocycles. The molecule has 0 bridgehead atoms. The Morgan fingerprint density at radius 3 is 1.96 bits per heavy atom. The van der Waals surface area contributed by atoms with Crippen molar-refractivity contribution in [3.05, 3.63) is 69.7 Å². The van der Waals surface area contributed by atoms with Crippen molar-refractivity contribution in [2.75, 3.05) is 26.2 Å². The third-order valence-electron chi connectivity index (χ3n) is 4.87. The molecule has 1 aliphatic heterocycles. The molecule has 0 saturated carbocycles. The molecule has 1 aliphatic rings. The summed E-state index contributed by atoms with van der Waals surface area (Å²) in [6.45, 7) is 4.49. The lowest BCUT2D eigenvalue weighted by molar-refractivity contribution is -0.139. The van der Waals surface area contributed by atoms with Crippen LogP contribution in [0.3, 0.4) is 0 Å². The van der Waals surface area contributed by atoms with Gasteiger partial charge in [-0.15, -0.1) is 0 Å². The van der Waals surface area contributed by atoms with Crippen LogP contribution in [0, 0.1) is 0 Å². The summed E-state index contributed by atoms with van der Waals surface area (Å²) in [5.74, 6) is -0.780. The average Bonchev–Trinajstić information content (AvgIpc) is 2.60. The fourth-order valence-electron chi connectivity index (χ4n) is 3.57. The van der Waals surface area contributed by atoms with Crippen LogP contribution in [0.1, 0.15) is 24.1 Å². The number of benzene rings is 2. The minimum Gasteiger partial charge on any atom is -0.480 e. The summed E-state index contributed by atoms with van der Waals surface area (Å²) in [5.41, 5.74) is 2.33. The molecule has 3 rings (SSSR count). The fourth-order valence-corrected chi connectivity index (χ4v) is 3.82. The Hall–Kier alpha value is -1.59. The van der Waals surface area contributed by atoms with Gasteiger partial charge in [0.25, 0.3) is 0 Å². The maximum Gasteiger partial charge on any atom is 0.317 e. The van der Waals surface area contributed by atoms with Crippen molar-refractivity contribution in [2.24, 2.45) is 0 Å². The van der Waals surface area contributed by atoms with E-state index in [1.807, 2.05) is 29.2 Å². The molecule has 1 N–H and O–H groups in total. The highest BCUT2D eigenvalue weighted by Gasteiger charge is 2.30. The van der Waals surface area contributed by atoms with Crippen LogP contribution in [-0.4, -0.2) is 53.1 Å². The fraction of sp³-hybridized carbons (Fsp3) is 0.350. The first-order chi connectivity index (χ1) is 12.4. The van der Waals surface area contributed by atoms with Gasteiger partial charge in [-0.1, -0.05) is 47.5 Å². The Balaban J connectivity index is 1.88. The van der Waals surface area contributed by atoms with Gasteiger partial charge in [0.15, 0.2) is 0 Å². The van der Waals surface area contributed by atoms with Crippen LogP contribution >= 0.6 is 23.2 Å². The molecule has 1 unspecified atom stereocenters. The van der Waals surface area contributed by atoms with Crippen molar-refractivity contribution in [2.45, 2.75) is 19.0 Å².